The number of benzene rings is 1. The first-order valence-electron chi connectivity index (χ1n) is 9.30. The zero-order valence-electron chi connectivity index (χ0n) is 15.0. The number of rotatable bonds is 6. The molecule has 2 N–H and O–H groups in total. The van der Waals surface area contributed by atoms with E-state index in [1.54, 1.807) is 6.20 Å². The lowest BCUT2D eigenvalue weighted by molar-refractivity contribution is -0.117. The van der Waals surface area contributed by atoms with E-state index < -0.39 is 0 Å². The third kappa shape index (κ3) is 4.04. The molecule has 2 fully saturated rings. The lowest BCUT2D eigenvalue weighted by Crippen LogP contribution is -2.34. The second-order valence-corrected chi connectivity index (χ2v) is 7.57. The maximum absolute atomic E-state index is 12.4. The lowest BCUT2D eigenvalue weighted by Gasteiger charge is -2.28. The van der Waals surface area contributed by atoms with Gasteiger partial charge in [-0.2, -0.15) is 5.26 Å². The van der Waals surface area contributed by atoms with Crippen molar-refractivity contribution in [3.63, 3.8) is 0 Å². The summed E-state index contributed by atoms with van der Waals surface area (Å²) in [5, 5.41) is 15.6. The number of nitriles is 1. The minimum atomic E-state index is -0.327. The zero-order valence-corrected chi connectivity index (χ0v) is 15.0. The number of nitrogens with one attached hydrogen (secondary N) is 2. The molecule has 3 rings (SSSR count). The molecular formula is C21H27N3O. The second-order valence-electron chi connectivity index (χ2n) is 7.57. The van der Waals surface area contributed by atoms with Gasteiger partial charge in [-0.05, 0) is 56.4 Å². The van der Waals surface area contributed by atoms with Gasteiger partial charge in [-0.3, -0.25) is 4.79 Å². The highest BCUT2D eigenvalue weighted by molar-refractivity contribution is 5.97. The van der Waals surface area contributed by atoms with Crippen molar-refractivity contribution in [1.82, 2.24) is 10.6 Å². The number of hydrogen-bond acceptors (Lipinski definition) is 3. The van der Waals surface area contributed by atoms with Crippen LogP contribution in [0, 0.1) is 29.1 Å². The topological polar surface area (TPSA) is 64.9 Å². The predicted molar refractivity (Wildman–Crippen MR) is 98.2 cm³/mol. The predicted octanol–water partition coefficient (Wildman–Crippen LogP) is 3.69. The molecule has 5 atom stereocenters. The Balaban J connectivity index is 1.56. The van der Waals surface area contributed by atoms with E-state index in [2.05, 4.69) is 17.6 Å². The molecule has 0 heterocycles. The van der Waals surface area contributed by atoms with Gasteiger partial charge in [0.15, 0.2) is 0 Å². The smallest absolute Gasteiger partial charge is 0.263 e. The van der Waals surface area contributed by atoms with E-state index in [1.165, 1.54) is 25.7 Å². The fraction of sp³-hybridized carbons (Fsp3) is 0.524. The standard InChI is InChI=1S/C21H27N3O/c1-14(17-6-4-3-5-7-17)24-21(25)19(12-22)13-23-15(2)20-11-16-8-9-18(20)10-16/h3-7,13-16,18,20,23H,8-11H2,1-2H3,(H,24,25)/b19-13-. The molecule has 0 aliphatic heterocycles. The molecule has 2 bridgehead atoms. The first-order chi connectivity index (χ1) is 12.1. The molecule has 0 saturated heterocycles. The van der Waals surface area contributed by atoms with Gasteiger partial charge in [0, 0.05) is 12.2 Å². The van der Waals surface area contributed by atoms with Crippen LogP contribution in [0.4, 0.5) is 0 Å². The van der Waals surface area contributed by atoms with Crippen LogP contribution in [-0.2, 0) is 4.79 Å². The van der Waals surface area contributed by atoms with Crippen molar-refractivity contribution in [3.8, 4) is 6.07 Å². The molecule has 1 aromatic carbocycles. The van der Waals surface area contributed by atoms with Crippen molar-refractivity contribution in [2.24, 2.45) is 17.8 Å². The summed E-state index contributed by atoms with van der Waals surface area (Å²) in [5.74, 6) is 2.06. The average Bonchev–Trinajstić information content (AvgIpc) is 3.26. The Morgan fingerprint density at radius 1 is 1.24 bits per heavy atom. The molecule has 0 aromatic heterocycles. The van der Waals surface area contributed by atoms with E-state index in [4.69, 9.17) is 0 Å². The summed E-state index contributed by atoms with van der Waals surface area (Å²) in [6.07, 6.45) is 6.97. The fourth-order valence-electron chi connectivity index (χ4n) is 4.49. The molecule has 1 amide bonds. The highest BCUT2D eigenvalue weighted by atomic mass is 16.1. The molecule has 132 valence electrons. The van der Waals surface area contributed by atoms with Crippen LogP contribution >= 0.6 is 0 Å². The molecule has 4 heteroatoms. The summed E-state index contributed by atoms with van der Waals surface area (Å²) < 4.78 is 0. The molecule has 25 heavy (non-hydrogen) atoms. The Hall–Kier alpha value is -2.28. The molecule has 2 aliphatic carbocycles. The number of fused-ring (bicyclic) bond motifs is 2. The maximum Gasteiger partial charge on any atom is 0.263 e. The van der Waals surface area contributed by atoms with Gasteiger partial charge in [-0.15, -0.1) is 0 Å². The molecule has 0 radical (unpaired) electrons. The highest BCUT2D eigenvalue weighted by Gasteiger charge is 2.41. The van der Waals surface area contributed by atoms with Crippen molar-refractivity contribution in [3.05, 3.63) is 47.7 Å². The molecule has 2 saturated carbocycles. The van der Waals surface area contributed by atoms with Gasteiger partial charge in [0.25, 0.3) is 5.91 Å². The maximum atomic E-state index is 12.4. The molecular weight excluding hydrogens is 310 g/mol. The van der Waals surface area contributed by atoms with Crippen LogP contribution < -0.4 is 10.6 Å². The van der Waals surface area contributed by atoms with E-state index >= 15 is 0 Å². The lowest BCUT2D eigenvalue weighted by atomic mass is 9.84. The molecule has 2 aliphatic rings. The summed E-state index contributed by atoms with van der Waals surface area (Å²) in [6, 6.07) is 12.0. The Kier molecular flexibility index (Phi) is 5.43. The van der Waals surface area contributed by atoms with Gasteiger partial charge in [0.1, 0.15) is 11.6 Å². The van der Waals surface area contributed by atoms with Crippen LogP contribution in [0.1, 0.15) is 51.1 Å². The van der Waals surface area contributed by atoms with Crippen LogP contribution in [-0.4, -0.2) is 11.9 Å². The average molecular weight is 337 g/mol. The summed E-state index contributed by atoms with van der Waals surface area (Å²) in [6.45, 7) is 4.09. The molecule has 5 unspecified atom stereocenters. The monoisotopic (exact) mass is 337 g/mol. The number of amides is 1. The van der Waals surface area contributed by atoms with Gasteiger partial charge < -0.3 is 10.6 Å². The van der Waals surface area contributed by atoms with E-state index in [0.717, 1.165) is 17.4 Å². The Bertz CT molecular complexity index is 676. The van der Waals surface area contributed by atoms with Gasteiger partial charge in [-0.1, -0.05) is 36.8 Å². The van der Waals surface area contributed by atoms with Crippen molar-refractivity contribution in [1.29, 1.82) is 5.26 Å². The van der Waals surface area contributed by atoms with E-state index in [9.17, 15) is 10.1 Å². The molecule has 4 nitrogen and oxygen atoms in total. The summed E-state index contributed by atoms with van der Waals surface area (Å²) in [4.78, 5) is 12.4. The second kappa shape index (κ2) is 7.74. The SMILES string of the molecule is CC(NC(=O)/C(C#N)=C\NC(C)C1CC2CCC1C2)c1ccccc1. The number of hydrogen-bond donors (Lipinski definition) is 2. The van der Waals surface area contributed by atoms with Gasteiger partial charge in [0.2, 0.25) is 0 Å². The van der Waals surface area contributed by atoms with Crippen molar-refractivity contribution < 1.29 is 4.79 Å². The van der Waals surface area contributed by atoms with Gasteiger partial charge in [-0.25, -0.2) is 0 Å². The molecule has 0 spiro atoms. The van der Waals surface area contributed by atoms with E-state index in [0.29, 0.717) is 12.0 Å². The Morgan fingerprint density at radius 3 is 2.60 bits per heavy atom. The minimum absolute atomic E-state index is 0.131. The van der Waals surface area contributed by atoms with Crippen LogP contribution in [0.5, 0.6) is 0 Å². The zero-order chi connectivity index (χ0) is 17.8. The van der Waals surface area contributed by atoms with Crippen LogP contribution in [0.2, 0.25) is 0 Å². The first kappa shape index (κ1) is 17.5. The van der Waals surface area contributed by atoms with Crippen molar-refractivity contribution in [2.75, 3.05) is 0 Å². The summed E-state index contributed by atoms with van der Waals surface area (Å²) in [5.41, 5.74) is 1.16. The van der Waals surface area contributed by atoms with Gasteiger partial charge in [0.05, 0.1) is 6.04 Å². The number of nitrogens with zero attached hydrogens (tertiary/aromatic N) is 1. The van der Waals surface area contributed by atoms with Crippen LogP contribution in [0.15, 0.2) is 42.1 Å². The van der Waals surface area contributed by atoms with Crippen molar-refractivity contribution in [2.45, 2.75) is 51.6 Å². The van der Waals surface area contributed by atoms with Crippen molar-refractivity contribution >= 4 is 5.91 Å². The summed E-state index contributed by atoms with van der Waals surface area (Å²) in [7, 11) is 0. The van der Waals surface area contributed by atoms with Crippen LogP contribution in [0.3, 0.4) is 0 Å². The number of carbonyl (C=O) groups excluding carboxylic acids is 1. The normalized spacial score (nSPS) is 27.4. The first-order valence-corrected chi connectivity index (χ1v) is 9.30. The highest BCUT2D eigenvalue weighted by Crippen LogP contribution is 2.49. The van der Waals surface area contributed by atoms with E-state index in [-0.39, 0.29) is 17.5 Å². The number of carbonyl (C=O) groups is 1. The van der Waals surface area contributed by atoms with E-state index in [1.807, 2.05) is 43.3 Å². The minimum Gasteiger partial charge on any atom is -0.387 e. The fourth-order valence-corrected chi connectivity index (χ4v) is 4.49. The largest absolute Gasteiger partial charge is 0.387 e. The Labute approximate surface area is 150 Å². The van der Waals surface area contributed by atoms with Gasteiger partial charge >= 0.3 is 0 Å². The molecule has 1 aromatic rings. The Morgan fingerprint density at radius 2 is 2.00 bits per heavy atom. The van der Waals surface area contributed by atoms with Crippen LogP contribution in [0.25, 0.3) is 0 Å². The third-order valence-corrected chi connectivity index (χ3v) is 5.94. The third-order valence-electron chi connectivity index (χ3n) is 5.94. The summed E-state index contributed by atoms with van der Waals surface area (Å²) >= 11 is 0. The quantitative estimate of drug-likeness (QED) is 0.615.